The second kappa shape index (κ2) is 7.04. The van der Waals surface area contributed by atoms with Crippen molar-refractivity contribution < 1.29 is 0 Å². The topological polar surface area (TPSA) is 12.4 Å². The van der Waals surface area contributed by atoms with Gasteiger partial charge >= 0.3 is 0 Å². The lowest BCUT2D eigenvalue weighted by Gasteiger charge is -2.13. The first-order valence-corrected chi connectivity index (χ1v) is 8.18. The molecule has 0 N–H and O–H groups in total. The average molecular weight is 355 g/mol. The third-order valence-electron chi connectivity index (χ3n) is 3.63. The van der Waals surface area contributed by atoms with Crippen molar-refractivity contribution in [2.75, 3.05) is 0 Å². The van der Waals surface area contributed by atoms with Gasteiger partial charge in [0.15, 0.2) is 0 Å². The molecule has 0 saturated heterocycles. The lowest BCUT2D eigenvalue weighted by Crippen LogP contribution is -1.97. The summed E-state index contributed by atoms with van der Waals surface area (Å²) in [5.74, 6) is 0. The van der Waals surface area contributed by atoms with Crippen molar-refractivity contribution in [2.45, 2.75) is 33.7 Å². The summed E-state index contributed by atoms with van der Waals surface area (Å²) in [4.78, 5) is 4.63. The minimum absolute atomic E-state index is 0.141. The van der Waals surface area contributed by atoms with Gasteiger partial charge in [0.25, 0.3) is 0 Å². The van der Waals surface area contributed by atoms with Crippen LogP contribution < -0.4 is 0 Å². The molecule has 0 spiro atoms. The summed E-state index contributed by atoms with van der Waals surface area (Å²) >= 11 is 18.5. The van der Waals surface area contributed by atoms with E-state index in [4.69, 9.17) is 34.8 Å². The van der Waals surface area contributed by atoms with Crippen molar-refractivity contribution in [3.8, 4) is 0 Å². The Labute approximate surface area is 146 Å². The number of nitrogens with zero attached hydrogens (tertiary/aromatic N) is 1. The van der Waals surface area contributed by atoms with E-state index in [1.807, 2.05) is 13.1 Å². The maximum Gasteiger partial charge on any atom is 0.0750 e. The Bertz CT molecular complexity index is 689. The van der Waals surface area contributed by atoms with Gasteiger partial charge in [-0.2, -0.15) is 0 Å². The summed E-state index contributed by atoms with van der Waals surface area (Å²) in [6.07, 6.45) is 1.90. The average Bonchev–Trinajstić information content (AvgIpc) is 2.35. The van der Waals surface area contributed by atoms with Crippen LogP contribution in [-0.4, -0.2) is 6.21 Å². The van der Waals surface area contributed by atoms with Gasteiger partial charge in [-0.1, -0.05) is 52.5 Å². The predicted octanol–water partition coefficient (Wildman–Crippen LogP) is 6.75. The molecule has 0 aliphatic rings. The van der Waals surface area contributed by atoms with Crippen LogP contribution in [0, 0.1) is 20.8 Å². The van der Waals surface area contributed by atoms with Crippen LogP contribution in [0.25, 0.3) is 0 Å². The normalized spacial score (nSPS) is 12.9. The second-order valence-electron chi connectivity index (χ2n) is 5.55. The fourth-order valence-electron chi connectivity index (χ4n) is 2.61. The van der Waals surface area contributed by atoms with Crippen LogP contribution in [0.2, 0.25) is 15.1 Å². The van der Waals surface area contributed by atoms with Gasteiger partial charge in [0.05, 0.1) is 6.04 Å². The first kappa shape index (κ1) is 17.3. The maximum atomic E-state index is 6.25. The van der Waals surface area contributed by atoms with Crippen molar-refractivity contribution in [1.29, 1.82) is 0 Å². The monoisotopic (exact) mass is 353 g/mol. The zero-order chi connectivity index (χ0) is 16.4. The summed E-state index contributed by atoms with van der Waals surface area (Å²) in [7, 11) is 0. The van der Waals surface area contributed by atoms with Gasteiger partial charge in [0.1, 0.15) is 0 Å². The molecule has 0 fully saturated rings. The van der Waals surface area contributed by atoms with Crippen LogP contribution in [-0.2, 0) is 0 Å². The van der Waals surface area contributed by atoms with E-state index in [1.165, 1.54) is 16.7 Å². The highest BCUT2D eigenvalue weighted by Crippen LogP contribution is 2.35. The van der Waals surface area contributed by atoms with E-state index < -0.39 is 0 Å². The van der Waals surface area contributed by atoms with E-state index in [1.54, 1.807) is 12.1 Å². The highest BCUT2D eigenvalue weighted by Gasteiger charge is 2.14. The molecule has 0 bridgehead atoms. The number of rotatable bonds is 3. The first-order chi connectivity index (χ1) is 10.3. The van der Waals surface area contributed by atoms with E-state index in [2.05, 4.69) is 37.9 Å². The molecule has 0 heterocycles. The molecule has 2 aromatic rings. The molecule has 4 heteroatoms. The molecule has 22 heavy (non-hydrogen) atoms. The second-order valence-corrected chi connectivity index (χ2v) is 6.80. The smallest absolute Gasteiger partial charge is 0.0750 e. The fraction of sp³-hybridized carbons (Fsp3) is 0.278. The van der Waals surface area contributed by atoms with Crippen LogP contribution in [0.4, 0.5) is 0 Å². The van der Waals surface area contributed by atoms with Crippen molar-refractivity contribution in [2.24, 2.45) is 4.99 Å². The van der Waals surface area contributed by atoms with Crippen LogP contribution in [0.5, 0.6) is 0 Å². The number of hydrogen-bond donors (Lipinski definition) is 0. The quantitative estimate of drug-likeness (QED) is 0.540. The highest BCUT2D eigenvalue weighted by molar-refractivity contribution is 6.39. The molecule has 116 valence electrons. The molecule has 1 atom stereocenters. The van der Waals surface area contributed by atoms with Crippen molar-refractivity contribution >= 4 is 41.0 Å². The van der Waals surface area contributed by atoms with E-state index >= 15 is 0 Å². The molecule has 2 aromatic carbocycles. The summed E-state index contributed by atoms with van der Waals surface area (Å²) in [6, 6.07) is 7.55. The molecule has 1 nitrogen and oxygen atoms in total. The Kier molecular flexibility index (Phi) is 5.55. The lowest BCUT2D eigenvalue weighted by atomic mass is 10.0. The van der Waals surface area contributed by atoms with Gasteiger partial charge in [0.2, 0.25) is 0 Å². The lowest BCUT2D eigenvalue weighted by molar-refractivity contribution is 0.825. The van der Waals surface area contributed by atoms with E-state index in [0.29, 0.717) is 15.1 Å². The van der Waals surface area contributed by atoms with Gasteiger partial charge in [-0.3, -0.25) is 4.99 Å². The van der Waals surface area contributed by atoms with E-state index in [-0.39, 0.29) is 6.04 Å². The first-order valence-electron chi connectivity index (χ1n) is 7.05. The molecule has 0 saturated carbocycles. The number of hydrogen-bond acceptors (Lipinski definition) is 1. The van der Waals surface area contributed by atoms with Gasteiger partial charge in [0, 0.05) is 26.8 Å². The number of halogens is 3. The summed E-state index contributed by atoms with van der Waals surface area (Å²) in [5.41, 5.74) is 5.61. The van der Waals surface area contributed by atoms with Crippen LogP contribution in [0.3, 0.4) is 0 Å². The number of benzene rings is 2. The Hall–Kier alpha value is -1.02. The third-order valence-corrected chi connectivity index (χ3v) is 4.47. The Balaban J connectivity index is 2.35. The van der Waals surface area contributed by atoms with Crippen molar-refractivity contribution in [3.05, 3.63) is 67.2 Å². The standard InChI is InChI=1S/C18H18Cl3N/c1-10-5-11(2)15(12(3)6-10)9-22-13(4)18-16(20)7-14(19)8-17(18)21/h5-9,13H,1-4H3. The summed E-state index contributed by atoms with van der Waals surface area (Å²) in [6.45, 7) is 8.25. The van der Waals surface area contributed by atoms with E-state index in [9.17, 15) is 0 Å². The molecule has 0 aromatic heterocycles. The SMILES string of the molecule is Cc1cc(C)c(C=NC(C)c2c(Cl)cc(Cl)cc2Cl)c(C)c1. The third kappa shape index (κ3) is 3.84. The van der Waals surface area contributed by atoms with Crippen LogP contribution >= 0.6 is 34.8 Å². The molecule has 2 rings (SSSR count). The molecular weight excluding hydrogens is 337 g/mol. The van der Waals surface area contributed by atoms with Gasteiger partial charge in [-0.15, -0.1) is 0 Å². The molecular formula is C18H18Cl3N. The zero-order valence-corrected chi connectivity index (χ0v) is 15.3. The number of aliphatic imine (C=N–C) groups is 1. The fourth-order valence-corrected chi connectivity index (χ4v) is 3.74. The van der Waals surface area contributed by atoms with Crippen LogP contribution in [0.15, 0.2) is 29.3 Å². The van der Waals surface area contributed by atoms with Gasteiger partial charge in [-0.05, 0) is 56.5 Å². The maximum absolute atomic E-state index is 6.25. The Morgan fingerprint density at radius 1 is 0.909 bits per heavy atom. The van der Waals surface area contributed by atoms with E-state index in [0.717, 1.165) is 11.1 Å². The molecule has 0 radical (unpaired) electrons. The Morgan fingerprint density at radius 3 is 1.91 bits per heavy atom. The molecule has 0 aliphatic carbocycles. The summed E-state index contributed by atoms with van der Waals surface area (Å²) < 4.78 is 0. The highest BCUT2D eigenvalue weighted by atomic mass is 35.5. The largest absolute Gasteiger partial charge is 0.285 e. The Morgan fingerprint density at radius 2 is 1.41 bits per heavy atom. The van der Waals surface area contributed by atoms with Crippen LogP contribution in [0.1, 0.15) is 40.8 Å². The van der Waals surface area contributed by atoms with Gasteiger partial charge < -0.3 is 0 Å². The zero-order valence-electron chi connectivity index (χ0n) is 13.0. The minimum atomic E-state index is -0.141. The number of aryl methyl sites for hydroxylation is 3. The summed E-state index contributed by atoms with van der Waals surface area (Å²) in [5, 5.41) is 1.61. The van der Waals surface area contributed by atoms with Crippen molar-refractivity contribution in [3.63, 3.8) is 0 Å². The predicted molar refractivity (Wildman–Crippen MR) is 98.1 cm³/mol. The van der Waals surface area contributed by atoms with Crippen molar-refractivity contribution in [1.82, 2.24) is 0 Å². The molecule has 0 amide bonds. The molecule has 0 aliphatic heterocycles. The minimum Gasteiger partial charge on any atom is -0.285 e. The van der Waals surface area contributed by atoms with Gasteiger partial charge in [-0.25, -0.2) is 0 Å². The molecule has 1 unspecified atom stereocenters.